The molecule has 0 saturated heterocycles. The third-order valence-electron chi connectivity index (χ3n) is 3.46. The highest BCUT2D eigenvalue weighted by molar-refractivity contribution is 5.93. The van der Waals surface area contributed by atoms with Gasteiger partial charge in [-0.25, -0.2) is 0 Å². The van der Waals surface area contributed by atoms with Gasteiger partial charge in [0.2, 0.25) is 0 Å². The van der Waals surface area contributed by atoms with Gasteiger partial charge in [-0.2, -0.15) is 0 Å². The van der Waals surface area contributed by atoms with Crippen LogP contribution in [0.1, 0.15) is 27.3 Å². The van der Waals surface area contributed by atoms with Gasteiger partial charge < -0.3 is 22.5 Å². The largest absolute Gasteiger partial charge is 0.404 e. The standard InChI is InChI=1S/C17H20N6O/c1-10-14(7-13(19)9-23-10)15(20)5-12(8-18)11-3-4-22-16(6-11)17(24)21-2/h3-9H,18-20H2,1-2H3,(H,21,24)/b12-8+,15-5-. The summed E-state index contributed by atoms with van der Waals surface area (Å²) in [6, 6.07) is 5.15. The predicted octanol–water partition coefficient (Wildman–Crippen LogP) is 1.03. The highest BCUT2D eigenvalue weighted by atomic mass is 16.1. The van der Waals surface area contributed by atoms with Gasteiger partial charge in [-0.05, 0) is 42.3 Å². The quantitative estimate of drug-likeness (QED) is 0.621. The average molecular weight is 324 g/mol. The minimum absolute atomic E-state index is 0.277. The summed E-state index contributed by atoms with van der Waals surface area (Å²) in [5, 5.41) is 2.53. The van der Waals surface area contributed by atoms with Crippen LogP contribution in [0.25, 0.3) is 11.3 Å². The van der Waals surface area contributed by atoms with Crippen LogP contribution in [0.5, 0.6) is 0 Å². The van der Waals surface area contributed by atoms with E-state index in [4.69, 9.17) is 17.2 Å². The normalized spacial score (nSPS) is 12.1. The summed E-state index contributed by atoms with van der Waals surface area (Å²) in [6.45, 7) is 1.84. The second-order valence-electron chi connectivity index (χ2n) is 5.13. The van der Waals surface area contributed by atoms with E-state index in [2.05, 4.69) is 15.3 Å². The van der Waals surface area contributed by atoms with Crippen LogP contribution in [-0.4, -0.2) is 22.9 Å². The van der Waals surface area contributed by atoms with E-state index in [0.29, 0.717) is 22.7 Å². The highest BCUT2D eigenvalue weighted by Gasteiger charge is 2.09. The van der Waals surface area contributed by atoms with Crippen LogP contribution in [0.4, 0.5) is 5.69 Å². The molecule has 2 heterocycles. The molecule has 7 N–H and O–H groups in total. The monoisotopic (exact) mass is 324 g/mol. The second kappa shape index (κ2) is 7.28. The first kappa shape index (κ1) is 17.0. The van der Waals surface area contributed by atoms with Crippen LogP contribution < -0.4 is 22.5 Å². The number of nitrogens with two attached hydrogens (primary N) is 3. The van der Waals surface area contributed by atoms with Crippen LogP contribution in [0.15, 0.2) is 42.9 Å². The van der Waals surface area contributed by atoms with E-state index < -0.39 is 0 Å². The van der Waals surface area contributed by atoms with E-state index in [-0.39, 0.29) is 5.91 Å². The van der Waals surface area contributed by atoms with Gasteiger partial charge in [-0.3, -0.25) is 14.8 Å². The maximum absolute atomic E-state index is 11.7. The summed E-state index contributed by atoms with van der Waals surface area (Å²) in [6.07, 6.45) is 6.25. The molecule has 0 aromatic carbocycles. The summed E-state index contributed by atoms with van der Waals surface area (Å²) in [7, 11) is 1.55. The molecule has 0 aliphatic carbocycles. The van der Waals surface area contributed by atoms with Gasteiger partial charge in [0.15, 0.2) is 0 Å². The molecule has 7 heteroatoms. The van der Waals surface area contributed by atoms with Crippen molar-refractivity contribution in [1.29, 1.82) is 0 Å². The smallest absolute Gasteiger partial charge is 0.269 e. The van der Waals surface area contributed by atoms with Crippen molar-refractivity contribution in [3.05, 3.63) is 65.4 Å². The van der Waals surface area contributed by atoms with Gasteiger partial charge in [0.1, 0.15) is 5.69 Å². The zero-order chi connectivity index (χ0) is 17.7. The summed E-state index contributed by atoms with van der Waals surface area (Å²) in [4.78, 5) is 19.9. The van der Waals surface area contributed by atoms with Crippen molar-refractivity contribution in [2.24, 2.45) is 11.5 Å². The molecule has 0 fully saturated rings. The zero-order valence-corrected chi connectivity index (χ0v) is 13.6. The third-order valence-corrected chi connectivity index (χ3v) is 3.46. The third kappa shape index (κ3) is 3.70. The number of nitrogen functional groups attached to an aromatic ring is 1. The van der Waals surface area contributed by atoms with E-state index in [1.165, 1.54) is 6.20 Å². The van der Waals surface area contributed by atoms with Crippen molar-refractivity contribution in [2.75, 3.05) is 12.8 Å². The molecule has 0 spiro atoms. The number of nitrogens with zero attached hydrogens (tertiary/aromatic N) is 2. The number of allylic oxidation sites excluding steroid dienone is 2. The van der Waals surface area contributed by atoms with Crippen molar-refractivity contribution in [3.63, 3.8) is 0 Å². The van der Waals surface area contributed by atoms with Crippen LogP contribution in [0.3, 0.4) is 0 Å². The van der Waals surface area contributed by atoms with Crippen LogP contribution in [0.2, 0.25) is 0 Å². The molecule has 1 amide bonds. The SMILES string of the molecule is CNC(=O)c1cc(C(/C=C(\N)c2cc(N)cnc2C)=C/N)ccn1. The molecule has 0 aliphatic rings. The van der Waals surface area contributed by atoms with Crippen molar-refractivity contribution >= 4 is 22.9 Å². The molecule has 124 valence electrons. The molecular weight excluding hydrogens is 304 g/mol. The van der Waals surface area contributed by atoms with E-state index in [0.717, 1.165) is 16.8 Å². The van der Waals surface area contributed by atoms with Crippen molar-refractivity contribution in [3.8, 4) is 0 Å². The number of carbonyl (C=O) groups excluding carboxylic acids is 1. The van der Waals surface area contributed by atoms with E-state index in [9.17, 15) is 4.79 Å². The molecule has 0 unspecified atom stereocenters. The molecule has 2 aromatic rings. The topological polar surface area (TPSA) is 133 Å². The average Bonchev–Trinajstić information content (AvgIpc) is 2.60. The lowest BCUT2D eigenvalue weighted by Gasteiger charge is -2.09. The number of pyridine rings is 2. The molecule has 0 saturated carbocycles. The van der Waals surface area contributed by atoms with E-state index in [1.54, 1.807) is 43.7 Å². The molecule has 0 radical (unpaired) electrons. The maximum Gasteiger partial charge on any atom is 0.269 e. The number of anilines is 1. The van der Waals surface area contributed by atoms with Crippen molar-refractivity contribution in [1.82, 2.24) is 15.3 Å². The zero-order valence-electron chi connectivity index (χ0n) is 13.6. The first-order valence-corrected chi connectivity index (χ1v) is 7.26. The number of nitrogens with one attached hydrogen (secondary N) is 1. The number of aromatic nitrogens is 2. The number of hydrogen-bond donors (Lipinski definition) is 4. The second-order valence-corrected chi connectivity index (χ2v) is 5.13. The Bertz CT molecular complexity index is 826. The molecule has 0 aliphatic heterocycles. The van der Waals surface area contributed by atoms with Gasteiger partial charge in [0.25, 0.3) is 5.91 Å². The maximum atomic E-state index is 11.7. The Balaban J connectivity index is 2.42. The van der Waals surface area contributed by atoms with Crippen molar-refractivity contribution < 1.29 is 4.79 Å². The minimum atomic E-state index is -0.277. The van der Waals surface area contributed by atoms with E-state index >= 15 is 0 Å². The van der Waals surface area contributed by atoms with E-state index in [1.807, 2.05) is 6.92 Å². The number of amides is 1. The first-order chi connectivity index (χ1) is 11.5. The Morgan fingerprint density at radius 1 is 1.29 bits per heavy atom. The Morgan fingerprint density at radius 2 is 2.04 bits per heavy atom. The van der Waals surface area contributed by atoms with Gasteiger partial charge in [-0.1, -0.05) is 0 Å². The van der Waals surface area contributed by atoms with Gasteiger partial charge >= 0.3 is 0 Å². The first-order valence-electron chi connectivity index (χ1n) is 7.26. The molecular formula is C17H20N6O. The van der Waals surface area contributed by atoms with Gasteiger partial charge in [0, 0.05) is 36.4 Å². The van der Waals surface area contributed by atoms with Gasteiger partial charge in [0.05, 0.1) is 11.9 Å². The molecule has 7 nitrogen and oxygen atoms in total. The molecule has 0 atom stereocenters. The molecule has 2 rings (SSSR count). The molecule has 0 bridgehead atoms. The highest BCUT2D eigenvalue weighted by Crippen LogP contribution is 2.22. The number of aryl methyl sites for hydroxylation is 1. The lowest BCUT2D eigenvalue weighted by atomic mass is 10.0. The predicted molar refractivity (Wildman–Crippen MR) is 95.3 cm³/mol. The Labute approximate surface area is 140 Å². The van der Waals surface area contributed by atoms with Gasteiger partial charge in [-0.15, -0.1) is 0 Å². The molecule has 24 heavy (non-hydrogen) atoms. The number of rotatable bonds is 4. The summed E-state index contributed by atoms with van der Waals surface area (Å²) >= 11 is 0. The van der Waals surface area contributed by atoms with Crippen LogP contribution >= 0.6 is 0 Å². The lowest BCUT2D eigenvalue weighted by Crippen LogP contribution is -2.19. The fraction of sp³-hybridized carbons (Fsp3) is 0.118. The Morgan fingerprint density at radius 3 is 2.71 bits per heavy atom. The van der Waals surface area contributed by atoms with Crippen LogP contribution in [0, 0.1) is 6.92 Å². The fourth-order valence-electron chi connectivity index (χ4n) is 2.18. The Hall–Kier alpha value is -3.35. The Kier molecular flexibility index (Phi) is 5.16. The number of hydrogen-bond acceptors (Lipinski definition) is 6. The summed E-state index contributed by atoms with van der Waals surface area (Å²) in [5.41, 5.74) is 21.8. The lowest BCUT2D eigenvalue weighted by molar-refractivity contribution is 0.0958. The summed E-state index contributed by atoms with van der Waals surface area (Å²) in [5.74, 6) is -0.277. The number of carbonyl (C=O) groups is 1. The van der Waals surface area contributed by atoms with Crippen LogP contribution in [-0.2, 0) is 0 Å². The fourth-order valence-corrected chi connectivity index (χ4v) is 2.18. The summed E-state index contributed by atoms with van der Waals surface area (Å²) < 4.78 is 0. The minimum Gasteiger partial charge on any atom is -0.404 e. The molecule has 2 aromatic heterocycles. The van der Waals surface area contributed by atoms with Crippen molar-refractivity contribution in [2.45, 2.75) is 6.92 Å².